The summed E-state index contributed by atoms with van der Waals surface area (Å²) >= 11 is 0. The first-order valence-corrected chi connectivity index (χ1v) is 6.94. The molecular weight excluding hydrogens is 270 g/mol. The topological polar surface area (TPSA) is 84.0 Å². The Morgan fingerprint density at radius 3 is 2.67 bits per heavy atom. The van der Waals surface area contributed by atoms with Crippen molar-refractivity contribution in [1.82, 2.24) is 20.4 Å². The molecule has 1 aliphatic rings. The minimum atomic E-state index is -0.466. The van der Waals surface area contributed by atoms with Crippen LogP contribution in [0.15, 0.2) is 24.4 Å². The fourth-order valence-corrected chi connectivity index (χ4v) is 2.62. The number of nitrogens with zero attached hydrogens (tertiary/aromatic N) is 4. The predicted octanol–water partition coefficient (Wildman–Crippen LogP) is 1.37. The van der Waals surface area contributed by atoms with Gasteiger partial charge in [0.2, 0.25) is 0 Å². The number of ether oxygens (including phenoxy) is 1. The Hall–Kier alpha value is -2.44. The first-order chi connectivity index (χ1) is 10.3. The van der Waals surface area contributed by atoms with Crippen molar-refractivity contribution in [2.24, 2.45) is 0 Å². The van der Waals surface area contributed by atoms with E-state index in [0.717, 1.165) is 31.7 Å². The monoisotopic (exact) mass is 287 g/mol. The van der Waals surface area contributed by atoms with E-state index < -0.39 is 5.97 Å². The Morgan fingerprint density at radius 2 is 2.10 bits per heavy atom. The normalized spacial score (nSPS) is 16.0. The number of methoxy groups -OCH3 is 1. The van der Waals surface area contributed by atoms with Crippen molar-refractivity contribution in [2.75, 3.05) is 25.1 Å². The highest BCUT2D eigenvalue weighted by Gasteiger charge is 2.22. The number of carbonyl (C=O) groups is 1. The third-order valence-corrected chi connectivity index (χ3v) is 3.83. The second-order valence-corrected chi connectivity index (χ2v) is 5.04. The van der Waals surface area contributed by atoms with Crippen molar-refractivity contribution in [3.8, 4) is 0 Å². The number of aromatic amines is 1. The maximum Gasteiger partial charge on any atom is 0.358 e. The van der Waals surface area contributed by atoms with Gasteiger partial charge in [0.1, 0.15) is 0 Å². The molecule has 110 valence electrons. The van der Waals surface area contributed by atoms with E-state index in [0.29, 0.717) is 5.92 Å². The molecule has 2 aromatic rings. The largest absolute Gasteiger partial charge is 0.464 e. The van der Waals surface area contributed by atoms with Crippen molar-refractivity contribution in [3.05, 3.63) is 35.8 Å². The van der Waals surface area contributed by atoms with Crippen molar-refractivity contribution < 1.29 is 9.53 Å². The molecule has 0 unspecified atom stereocenters. The summed E-state index contributed by atoms with van der Waals surface area (Å²) in [6, 6.07) is 5.50. The van der Waals surface area contributed by atoms with Gasteiger partial charge < -0.3 is 9.64 Å². The van der Waals surface area contributed by atoms with Crippen LogP contribution in [0.4, 0.5) is 5.82 Å². The number of carbonyl (C=O) groups excluding carboxylic acids is 1. The number of nitrogens with one attached hydrogen (secondary N) is 1. The van der Waals surface area contributed by atoms with Crippen molar-refractivity contribution in [3.63, 3.8) is 0 Å². The summed E-state index contributed by atoms with van der Waals surface area (Å²) in [6.45, 7) is 1.83. The van der Waals surface area contributed by atoms with Crippen LogP contribution >= 0.6 is 0 Å². The molecule has 21 heavy (non-hydrogen) atoms. The fourth-order valence-electron chi connectivity index (χ4n) is 2.62. The second kappa shape index (κ2) is 5.90. The van der Waals surface area contributed by atoms with Crippen LogP contribution < -0.4 is 4.90 Å². The molecule has 1 aliphatic heterocycles. The average molecular weight is 287 g/mol. The molecule has 0 saturated carbocycles. The van der Waals surface area contributed by atoms with Crippen LogP contribution in [0.2, 0.25) is 0 Å². The summed E-state index contributed by atoms with van der Waals surface area (Å²) in [6.07, 6.45) is 3.88. The standard InChI is InChI=1S/C14H17N5O2/c1-21-14(20)12-2-3-13(18-17-12)19-8-5-10(6-9-19)11-4-7-15-16-11/h2-4,7,10H,5-6,8-9H2,1H3,(H,15,16). The maximum absolute atomic E-state index is 11.3. The molecule has 0 bridgehead atoms. The lowest BCUT2D eigenvalue weighted by Gasteiger charge is -2.31. The number of anilines is 1. The van der Waals surface area contributed by atoms with Crippen molar-refractivity contribution in [1.29, 1.82) is 0 Å². The Balaban J connectivity index is 1.63. The summed E-state index contributed by atoms with van der Waals surface area (Å²) in [5.41, 5.74) is 1.43. The number of rotatable bonds is 3. The average Bonchev–Trinajstić information content (AvgIpc) is 3.09. The number of H-pyrrole nitrogens is 1. The van der Waals surface area contributed by atoms with Gasteiger partial charge in [0.15, 0.2) is 11.5 Å². The summed E-state index contributed by atoms with van der Waals surface area (Å²) < 4.78 is 4.61. The van der Waals surface area contributed by atoms with Crippen molar-refractivity contribution >= 4 is 11.8 Å². The highest BCUT2D eigenvalue weighted by molar-refractivity contribution is 5.86. The summed E-state index contributed by atoms with van der Waals surface area (Å²) in [5.74, 6) is 0.851. The van der Waals surface area contributed by atoms with Gasteiger partial charge >= 0.3 is 5.97 Å². The second-order valence-electron chi connectivity index (χ2n) is 5.04. The number of aromatic nitrogens is 4. The summed E-state index contributed by atoms with van der Waals surface area (Å²) in [4.78, 5) is 13.5. The van der Waals surface area contributed by atoms with E-state index in [1.165, 1.54) is 12.8 Å². The van der Waals surface area contributed by atoms with E-state index in [4.69, 9.17) is 0 Å². The van der Waals surface area contributed by atoms with Crippen LogP contribution in [0.5, 0.6) is 0 Å². The predicted molar refractivity (Wildman–Crippen MR) is 76.1 cm³/mol. The van der Waals surface area contributed by atoms with Crippen molar-refractivity contribution in [2.45, 2.75) is 18.8 Å². The van der Waals surface area contributed by atoms with Gasteiger partial charge in [-0.05, 0) is 31.0 Å². The molecule has 1 saturated heterocycles. The molecule has 3 heterocycles. The summed E-state index contributed by atoms with van der Waals surface area (Å²) in [7, 11) is 1.33. The Kier molecular flexibility index (Phi) is 3.81. The van der Waals surface area contributed by atoms with Crippen LogP contribution in [-0.4, -0.2) is 46.6 Å². The Bertz CT molecular complexity index is 588. The molecule has 0 aromatic carbocycles. The Labute approximate surface area is 122 Å². The Morgan fingerprint density at radius 1 is 1.29 bits per heavy atom. The molecule has 2 aromatic heterocycles. The van der Waals surface area contributed by atoms with Crippen LogP contribution in [0.3, 0.4) is 0 Å². The van der Waals surface area contributed by atoms with Gasteiger partial charge in [0, 0.05) is 30.9 Å². The SMILES string of the molecule is COC(=O)c1ccc(N2CCC(c3ccn[nH]3)CC2)nn1. The van der Waals surface area contributed by atoms with E-state index in [9.17, 15) is 4.79 Å². The van der Waals surface area contributed by atoms with E-state index in [2.05, 4.69) is 30.0 Å². The van der Waals surface area contributed by atoms with Crippen LogP contribution in [-0.2, 0) is 4.74 Å². The van der Waals surface area contributed by atoms with E-state index in [-0.39, 0.29) is 5.69 Å². The lowest BCUT2D eigenvalue weighted by molar-refractivity contribution is 0.0592. The number of hydrogen-bond acceptors (Lipinski definition) is 6. The molecule has 0 amide bonds. The number of piperidine rings is 1. The zero-order chi connectivity index (χ0) is 14.7. The molecule has 1 fully saturated rings. The molecule has 3 rings (SSSR count). The van der Waals surface area contributed by atoms with Gasteiger partial charge in [0.05, 0.1) is 7.11 Å². The third kappa shape index (κ3) is 2.86. The lowest BCUT2D eigenvalue weighted by Crippen LogP contribution is -2.33. The molecule has 7 heteroatoms. The minimum absolute atomic E-state index is 0.230. The summed E-state index contributed by atoms with van der Waals surface area (Å²) in [5, 5.41) is 15.1. The van der Waals surface area contributed by atoms with Gasteiger partial charge in [-0.25, -0.2) is 4.79 Å². The van der Waals surface area contributed by atoms with E-state index >= 15 is 0 Å². The van der Waals surface area contributed by atoms with E-state index in [1.807, 2.05) is 12.1 Å². The molecule has 0 aliphatic carbocycles. The molecule has 0 spiro atoms. The third-order valence-electron chi connectivity index (χ3n) is 3.83. The maximum atomic E-state index is 11.3. The fraction of sp³-hybridized carbons (Fsp3) is 0.429. The number of hydrogen-bond donors (Lipinski definition) is 1. The van der Waals surface area contributed by atoms with Crippen LogP contribution in [0.25, 0.3) is 0 Å². The molecular formula is C14H17N5O2. The minimum Gasteiger partial charge on any atom is -0.464 e. The lowest BCUT2D eigenvalue weighted by atomic mass is 9.94. The molecule has 1 N–H and O–H groups in total. The number of esters is 1. The van der Waals surface area contributed by atoms with Gasteiger partial charge in [-0.2, -0.15) is 5.10 Å². The molecule has 7 nitrogen and oxygen atoms in total. The van der Waals surface area contributed by atoms with Gasteiger partial charge in [-0.3, -0.25) is 5.10 Å². The van der Waals surface area contributed by atoms with Gasteiger partial charge in [-0.15, -0.1) is 10.2 Å². The highest BCUT2D eigenvalue weighted by atomic mass is 16.5. The first kappa shape index (κ1) is 13.5. The quantitative estimate of drug-likeness (QED) is 0.858. The zero-order valence-corrected chi connectivity index (χ0v) is 11.8. The van der Waals surface area contributed by atoms with E-state index in [1.54, 1.807) is 12.3 Å². The van der Waals surface area contributed by atoms with Gasteiger partial charge in [0.25, 0.3) is 0 Å². The van der Waals surface area contributed by atoms with Crippen LogP contribution in [0, 0.1) is 0 Å². The van der Waals surface area contributed by atoms with Crippen LogP contribution in [0.1, 0.15) is 34.9 Å². The molecule has 0 atom stereocenters. The highest BCUT2D eigenvalue weighted by Crippen LogP contribution is 2.28. The smallest absolute Gasteiger partial charge is 0.358 e. The van der Waals surface area contributed by atoms with Gasteiger partial charge in [-0.1, -0.05) is 0 Å². The first-order valence-electron chi connectivity index (χ1n) is 6.94. The molecule has 0 radical (unpaired) electrons. The zero-order valence-electron chi connectivity index (χ0n) is 11.8.